The highest BCUT2D eigenvalue weighted by Gasteiger charge is 2.18. The Morgan fingerprint density at radius 3 is 2.35 bits per heavy atom. The van der Waals surface area contributed by atoms with Gasteiger partial charge in [-0.05, 0) is 23.3 Å². The number of halogens is 1. The number of hydrogen-bond acceptors (Lipinski definition) is 3. The number of benzene rings is 2. The summed E-state index contributed by atoms with van der Waals surface area (Å²) in [5.41, 5.74) is 1.50. The van der Waals surface area contributed by atoms with Crippen LogP contribution in [0.4, 0.5) is 4.79 Å². The number of carbonyl (C=O) groups is 2. The summed E-state index contributed by atoms with van der Waals surface area (Å²) in [6.45, 7) is 0.118. The number of rotatable bonds is 6. The number of aliphatic carboxylic acids is 1. The lowest BCUT2D eigenvalue weighted by molar-refractivity contribution is -0.137. The summed E-state index contributed by atoms with van der Waals surface area (Å²) in [6, 6.07) is 15.2. The molecule has 23 heavy (non-hydrogen) atoms. The Bertz CT molecular complexity index is 658. The van der Waals surface area contributed by atoms with E-state index in [9.17, 15) is 9.59 Å². The minimum atomic E-state index is -1.02. The minimum Gasteiger partial charge on any atom is -0.481 e. The first-order valence-corrected chi connectivity index (χ1v) is 7.37. The summed E-state index contributed by atoms with van der Waals surface area (Å²) in [7, 11) is 0. The summed E-state index contributed by atoms with van der Waals surface area (Å²) in [5.74, 6) is -1.02. The zero-order valence-electron chi connectivity index (χ0n) is 12.2. The van der Waals surface area contributed by atoms with E-state index < -0.39 is 18.1 Å². The molecule has 0 radical (unpaired) electrons. The molecule has 0 unspecified atom stereocenters. The van der Waals surface area contributed by atoms with Crippen molar-refractivity contribution in [2.75, 3.05) is 0 Å². The Balaban J connectivity index is 1.98. The van der Waals surface area contributed by atoms with E-state index in [0.717, 1.165) is 5.56 Å². The zero-order chi connectivity index (χ0) is 16.7. The third-order valence-corrected chi connectivity index (χ3v) is 3.41. The lowest BCUT2D eigenvalue weighted by Crippen LogP contribution is -2.30. The van der Waals surface area contributed by atoms with Crippen LogP contribution in [0, 0.1) is 0 Å². The normalized spacial score (nSPS) is 11.5. The van der Waals surface area contributed by atoms with Gasteiger partial charge in [0.15, 0.2) is 0 Å². The second-order valence-electron chi connectivity index (χ2n) is 4.91. The molecule has 1 atom stereocenters. The molecule has 0 heterocycles. The van der Waals surface area contributed by atoms with E-state index in [4.69, 9.17) is 21.4 Å². The van der Waals surface area contributed by atoms with Crippen molar-refractivity contribution in [3.05, 3.63) is 70.7 Å². The average molecular weight is 334 g/mol. The number of amides is 1. The van der Waals surface area contributed by atoms with E-state index in [1.54, 1.807) is 24.3 Å². The van der Waals surface area contributed by atoms with Crippen molar-refractivity contribution in [1.29, 1.82) is 0 Å². The van der Waals surface area contributed by atoms with Gasteiger partial charge in [-0.15, -0.1) is 0 Å². The molecule has 0 saturated carbocycles. The van der Waals surface area contributed by atoms with Gasteiger partial charge in [-0.1, -0.05) is 54.1 Å². The molecule has 2 aromatic carbocycles. The van der Waals surface area contributed by atoms with Gasteiger partial charge in [0.2, 0.25) is 0 Å². The van der Waals surface area contributed by atoms with Crippen molar-refractivity contribution in [2.24, 2.45) is 0 Å². The molecular formula is C17H16ClNO4. The Hall–Kier alpha value is -2.53. The third kappa shape index (κ3) is 5.64. The second kappa shape index (κ2) is 8.19. The zero-order valence-corrected chi connectivity index (χ0v) is 13.0. The highest BCUT2D eigenvalue weighted by Crippen LogP contribution is 2.19. The van der Waals surface area contributed by atoms with Crippen LogP contribution in [0.25, 0.3) is 0 Å². The number of carbonyl (C=O) groups excluding carboxylic acids is 1. The molecule has 120 valence electrons. The van der Waals surface area contributed by atoms with Crippen molar-refractivity contribution < 1.29 is 19.4 Å². The summed E-state index contributed by atoms with van der Waals surface area (Å²) in [5, 5.41) is 12.1. The summed E-state index contributed by atoms with van der Waals surface area (Å²) < 4.78 is 5.12. The van der Waals surface area contributed by atoms with Crippen molar-refractivity contribution in [3.8, 4) is 0 Å². The van der Waals surface area contributed by atoms with Crippen LogP contribution in [0.2, 0.25) is 5.02 Å². The fraction of sp³-hybridized carbons (Fsp3) is 0.176. The van der Waals surface area contributed by atoms with Crippen LogP contribution < -0.4 is 5.32 Å². The largest absolute Gasteiger partial charge is 0.481 e. The van der Waals surface area contributed by atoms with Gasteiger partial charge in [-0.3, -0.25) is 4.79 Å². The number of ether oxygens (including phenoxy) is 1. The lowest BCUT2D eigenvalue weighted by Gasteiger charge is -2.17. The molecule has 5 nitrogen and oxygen atoms in total. The standard InChI is InChI=1S/C17H16ClNO4/c18-14-8-6-13(7-9-14)15(10-16(20)21)19-17(22)23-11-12-4-2-1-3-5-12/h1-9,15H,10-11H2,(H,19,22)(H,20,21)/t15-/m1/s1. The van der Waals surface area contributed by atoms with Gasteiger partial charge in [0.1, 0.15) is 6.61 Å². The van der Waals surface area contributed by atoms with Gasteiger partial charge < -0.3 is 15.2 Å². The molecular weight excluding hydrogens is 318 g/mol. The van der Waals surface area contributed by atoms with E-state index in [0.29, 0.717) is 10.6 Å². The van der Waals surface area contributed by atoms with Crippen molar-refractivity contribution >= 4 is 23.7 Å². The van der Waals surface area contributed by atoms with Crippen molar-refractivity contribution in [2.45, 2.75) is 19.1 Å². The van der Waals surface area contributed by atoms with Gasteiger partial charge in [-0.25, -0.2) is 4.79 Å². The van der Waals surface area contributed by atoms with Crippen LogP contribution in [0.5, 0.6) is 0 Å². The van der Waals surface area contributed by atoms with Gasteiger partial charge in [-0.2, -0.15) is 0 Å². The van der Waals surface area contributed by atoms with Gasteiger partial charge >= 0.3 is 12.1 Å². The molecule has 0 aliphatic carbocycles. The van der Waals surface area contributed by atoms with Gasteiger partial charge in [0.05, 0.1) is 12.5 Å². The topological polar surface area (TPSA) is 75.6 Å². The molecule has 0 saturated heterocycles. The van der Waals surface area contributed by atoms with Crippen LogP contribution in [0.3, 0.4) is 0 Å². The highest BCUT2D eigenvalue weighted by molar-refractivity contribution is 6.30. The summed E-state index contributed by atoms with van der Waals surface area (Å²) in [4.78, 5) is 22.9. The first-order chi connectivity index (χ1) is 11.0. The Morgan fingerprint density at radius 1 is 1.09 bits per heavy atom. The van der Waals surface area contributed by atoms with E-state index in [2.05, 4.69) is 5.32 Å². The molecule has 6 heteroatoms. The smallest absolute Gasteiger partial charge is 0.407 e. The Morgan fingerprint density at radius 2 is 1.74 bits per heavy atom. The number of nitrogens with one attached hydrogen (secondary N) is 1. The monoisotopic (exact) mass is 333 g/mol. The van der Waals surface area contributed by atoms with Gasteiger partial charge in [0.25, 0.3) is 0 Å². The average Bonchev–Trinajstić information content (AvgIpc) is 2.53. The SMILES string of the molecule is O=C(O)C[C@@H](NC(=O)OCc1ccccc1)c1ccc(Cl)cc1. The first-order valence-electron chi connectivity index (χ1n) is 6.99. The molecule has 0 aliphatic heterocycles. The van der Waals surface area contributed by atoms with Crippen molar-refractivity contribution in [1.82, 2.24) is 5.32 Å². The predicted molar refractivity (Wildman–Crippen MR) is 86.2 cm³/mol. The number of carboxylic acids is 1. The van der Waals surface area contributed by atoms with E-state index in [-0.39, 0.29) is 13.0 Å². The molecule has 0 bridgehead atoms. The quantitative estimate of drug-likeness (QED) is 0.843. The summed E-state index contributed by atoms with van der Waals surface area (Å²) >= 11 is 5.82. The molecule has 0 aliphatic rings. The minimum absolute atomic E-state index is 0.118. The maximum absolute atomic E-state index is 11.9. The molecule has 0 fully saturated rings. The highest BCUT2D eigenvalue weighted by atomic mass is 35.5. The van der Waals surface area contributed by atoms with Crippen LogP contribution in [0.15, 0.2) is 54.6 Å². The second-order valence-corrected chi connectivity index (χ2v) is 5.34. The van der Waals surface area contributed by atoms with E-state index in [1.165, 1.54) is 0 Å². The molecule has 2 rings (SSSR count). The molecule has 0 spiro atoms. The van der Waals surface area contributed by atoms with E-state index >= 15 is 0 Å². The molecule has 2 N–H and O–H groups in total. The third-order valence-electron chi connectivity index (χ3n) is 3.16. The molecule has 2 aromatic rings. The maximum atomic E-state index is 11.9. The van der Waals surface area contributed by atoms with Gasteiger partial charge in [0, 0.05) is 5.02 Å². The number of carboxylic acid groups (broad SMARTS) is 1. The fourth-order valence-electron chi connectivity index (χ4n) is 2.03. The maximum Gasteiger partial charge on any atom is 0.407 e. The number of hydrogen-bond donors (Lipinski definition) is 2. The van der Waals surface area contributed by atoms with Crippen LogP contribution in [-0.4, -0.2) is 17.2 Å². The fourth-order valence-corrected chi connectivity index (χ4v) is 2.15. The summed E-state index contributed by atoms with van der Waals surface area (Å²) in [6.07, 6.45) is -0.919. The van der Waals surface area contributed by atoms with Crippen molar-refractivity contribution in [3.63, 3.8) is 0 Å². The van der Waals surface area contributed by atoms with Crippen LogP contribution >= 0.6 is 11.6 Å². The molecule has 0 aromatic heterocycles. The van der Waals surface area contributed by atoms with E-state index in [1.807, 2.05) is 30.3 Å². The first kappa shape index (κ1) is 16.8. The molecule has 1 amide bonds. The predicted octanol–water partition coefficient (Wildman–Crippen LogP) is 3.78. The van der Waals surface area contributed by atoms with Crippen LogP contribution in [-0.2, 0) is 16.1 Å². The Labute approximate surface area is 138 Å². The Kier molecular flexibility index (Phi) is 6.00. The lowest BCUT2D eigenvalue weighted by atomic mass is 10.0. The van der Waals surface area contributed by atoms with Crippen LogP contribution in [0.1, 0.15) is 23.6 Å². The number of alkyl carbamates (subject to hydrolysis) is 1.